The van der Waals surface area contributed by atoms with Gasteiger partial charge in [0.1, 0.15) is 23.7 Å². The molecule has 2 heterocycles. The molecule has 5 rings (SSSR count). The molecule has 0 spiro atoms. The Kier molecular flexibility index (Phi) is 8.99. The van der Waals surface area contributed by atoms with Crippen LogP contribution in [0.5, 0.6) is 5.75 Å². The molecule has 1 aliphatic heterocycles. The zero-order chi connectivity index (χ0) is 31.4. The van der Waals surface area contributed by atoms with Gasteiger partial charge in [-0.15, -0.1) is 18.3 Å². The molecule has 1 aliphatic rings. The Balaban J connectivity index is 1.23. The molecule has 44 heavy (non-hydrogen) atoms. The van der Waals surface area contributed by atoms with Crippen molar-refractivity contribution in [3.63, 3.8) is 0 Å². The van der Waals surface area contributed by atoms with Crippen molar-refractivity contribution < 1.29 is 31.5 Å². The number of amidine groups is 1. The number of hydrogen-bond acceptors (Lipinski definition) is 5. The van der Waals surface area contributed by atoms with E-state index < -0.39 is 18.2 Å². The molecule has 1 N–H and O–H groups in total. The second kappa shape index (κ2) is 12.9. The standard InChI is InChI=1S/C30H25F5N6O2S/c1-18(2)24-15-21(31)7-12-26(24)40-13-14-44-29(40)38-28(42)36-16-25(32)19-3-5-20(6-4-19)27-37-17-41(39-27)22-8-10-23(11-9-22)43-30(33,34)35/h3-12,15-18H,13-14H2,1-2H3,(H,36,42)/b25-16-,38-29?. The fourth-order valence-electron chi connectivity index (χ4n) is 4.38. The fraction of sp³-hybridized carbons (Fsp3) is 0.200. The number of ether oxygens (including phenoxy) is 1. The van der Waals surface area contributed by atoms with Gasteiger partial charge in [0.25, 0.3) is 0 Å². The van der Waals surface area contributed by atoms with Crippen molar-refractivity contribution in [3.8, 4) is 22.8 Å². The SMILES string of the molecule is CC(C)c1cc(F)ccc1N1CCSC1=NC(=O)N/C=C(\F)c1ccc(-c2ncn(-c3ccc(OC(F)(F)F)cc3)n2)cc1. The fourth-order valence-corrected chi connectivity index (χ4v) is 5.33. The molecule has 3 aromatic carbocycles. The first kappa shape index (κ1) is 30.7. The van der Waals surface area contributed by atoms with Gasteiger partial charge in [0.15, 0.2) is 11.0 Å². The molecule has 228 valence electrons. The lowest BCUT2D eigenvalue weighted by Gasteiger charge is -2.23. The second-order valence-corrected chi connectivity index (χ2v) is 10.9. The van der Waals surface area contributed by atoms with Crippen LogP contribution < -0.4 is 15.0 Å². The van der Waals surface area contributed by atoms with E-state index >= 15 is 0 Å². The third-order valence-corrected chi connectivity index (χ3v) is 7.40. The number of aromatic nitrogens is 3. The third kappa shape index (κ3) is 7.43. The summed E-state index contributed by atoms with van der Waals surface area (Å²) in [4.78, 5) is 22.7. The largest absolute Gasteiger partial charge is 0.573 e. The topological polar surface area (TPSA) is 84.6 Å². The first-order valence-electron chi connectivity index (χ1n) is 13.3. The van der Waals surface area contributed by atoms with E-state index in [2.05, 4.69) is 25.1 Å². The summed E-state index contributed by atoms with van der Waals surface area (Å²) in [6.45, 7) is 4.50. The normalized spacial score (nSPS) is 14.9. The number of nitrogens with one attached hydrogen (secondary N) is 1. The number of benzene rings is 3. The quantitative estimate of drug-likeness (QED) is 0.211. The van der Waals surface area contributed by atoms with Crippen LogP contribution in [0.2, 0.25) is 0 Å². The lowest BCUT2D eigenvalue weighted by molar-refractivity contribution is -0.274. The lowest BCUT2D eigenvalue weighted by Crippen LogP contribution is -2.27. The minimum absolute atomic E-state index is 0.0544. The van der Waals surface area contributed by atoms with E-state index in [0.717, 1.165) is 29.6 Å². The highest BCUT2D eigenvalue weighted by Crippen LogP contribution is 2.33. The van der Waals surface area contributed by atoms with Crippen LogP contribution in [0.25, 0.3) is 22.9 Å². The van der Waals surface area contributed by atoms with Crippen molar-refractivity contribution in [2.45, 2.75) is 26.1 Å². The van der Waals surface area contributed by atoms with Crippen molar-refractivity contribution in [3.05, 3.63) is 96.2 Å². The van der Waals surface area contributed by atoms with Gasteiger partial charge < -0.3 is 15.0 Å². The number of urea groups is 1. The van der Waals surface area contributed by atoms with Crippen molar-refractivity contribution >= 4 is 34.5 Å². The Morgan fingerprint density at radius 1 is 1.09 bits per heavy atom. The molecular weight excluding hydrogens is 603 g/mol. The smallest absolute Gasteiger partial charge is 0.406 e. The summed E-state index contributed by atoms with van der Waals surface area (Å²) < 4.78 is 71.1. The summed E-state index contributed by atoms with van der Waals surface area (Å²) in [6.07, 6.45) is -2.48. The van der Waals surface area contributed by atoms with E-state index in [1.165, 1.54) is 59.2 Å². The van der Waals surface area contributed by atoms with E-state index in [4.69, 9.17) is 0 Å². The van der Waals surface area contributed by atoms with E-state index in [-0.39, 0.29) is 23.0 Å². The second-order valence-electron chi connectivity index (χ2n) is 9.83. The van der Waals surface area contributed by atoms with Crippen molar-refractivity contribution in [1.29, 1.82) is 0 Å². The molecule has 0 bridgehead atoms. The molecule has 1 aromatic heterocycles. The van der Waals surface area contributed by atoms with Gasteiger partial charge in [-0.25, -0.2) is 23.2 Å². The van der Waals surface area contributed by atoms with Crippen LogP contribution in [0, 0.1) is 5.82 Å². The molecule has 14 heteroatoms. The van der Waals surface area contributed by atoms with Crippen LogP contribution in [0.1, 0.15) is 30.9 Å². The number of halogens is 5. The van der Waals surface area contributed by atoms with E-state index in [9.17, 15) is 26.7 Å². The zero-order valence-corrected chi connectivity index (χ0v) is 24.2. The maximum Gasteiger partial charge on any atom is 0.573 e. The Bertz CT molecular complexity index is 1700. The van der Waals surface area contributed by atoms with Crippen LogP contribution in [0.4, 0.5) is 32.4 Å². The zero-order valence-electron chi connectivity index (χ0n) is 23.3. The Labute approximate surface area is 253 Å². The number of rotatable bonds is 7. The van der Waals surface area contributed by atoms with Crippen molar-refractivity contribution in [2.75, 3.05) is 17.2 Å². The molecule has 0 radical (unpaired) electrons. The van der Waals surface area contributed by atoms with Gasteiger partial charge >= 0.3 is 12.4 Å². The average Bonchev–Trinajstić information content (AvgIpc) is 3.66. The van der Waals surface area contributed by atoms with Gasteiger partial charge in [0, 0.05) is 35.3 Å². The predicted molar refractivity (Wildman–Crippen MR) is 159 cm³/mol. The summed E-state index contributed by atoms with van der Waals surface area (Å²) in [7, 11) is 0. The van der Waals surface area contributed by atoms with Crippen LogP contribution in [-0.4, -0.2) is 44.6 Å². The number of carbonyl (C=O) groups is 1. The summed E-state index contributed by atoms with van der Waals surface area (Å²) >= 11 is 1.38. The van der Waals surface area contributed by atoms with Gasteiger partial charge in [-0.1, -0.05) is 49.9 Å². The molecule has 2 amide bonds. The minimum Gasteiger partial charge on any atom is -0.406 e. The molecule has 1 saturated heterocycles. The number of anilines is 1. The van der Waals surface area contributed by atoms with Crippen LogP contribution >= 0.6 is 11.8 Å². The molecule has 0 aliphatic carbocycles. The highest BCUT2D eigenvalue weighted by atomic mass is 32.2. The number of aliphatic imine (C=N–C) groups is 1. The Morgan fingerprint density at radius 2 is 1.82 bits per heavy atom. The molecule has 4 aromatic rings. The minimum atomic E-state index is -4.79. The van der Waals surface area contributed by atoms with Crippen molar-refractivity contribution in [2.24, 2.45) is 4.99 Å². The highest BCUT2D eigenvalue weighted by Gasteiger charge is 2.31. The van der Waals surface area contributed by atoms with Crippen LogP contribution in [0.3, 0.4) is 0 Å². The first-order chi connectivity index (χ1) is 21.0. The number of nitrogens with zero attached hydrogens (tertiary/aromatic N) is 5. The molecular formula is C30H25F5N6O2S. The lowest BCUT2D eigenvalue weighted by atomic mass is 10.0. The van der Waals surface area contributed by atoms with Crippen LogP contribution in [0.15, 0.2) is 84.2 Å². The summed E-state index contributed by atoms with van der Waals surface area (Å²) in [5, 5.41) is 7.11. The number of alkyl halides is 3. The van der Waals surface area contributed by atoms with Crippen molar-refractivity contribution in [1.82, 2.24) is 20.1 Å². The number of thioether (sulfide) groups is 1. The Morgan fingerprint density at radius 3 is 2.50 bits per heavy atom. The maximum absolute atomic E-state index is 14.9. The Hall–Kier alpha value is -4.72. The van der Waals surface area contributed by atoms with E-state index in [1.54, 1.807) is 18.2 Å². The third-order valence-electron chi connectivity index (χ3n) is 6.44. The van der Waals surface area contributed by atoms with Gasteiger partial charge in [-0.3, -0.25) is 0 Å². The maximum atomic E-state index is 14.9. The van der Waals surface area contributed by atoms with E-state index in [1.807, 2.05) is 18.7 Å². The molecule has 1 fully saturated rings. The summed E-state index contributed by atoms with van der Waals surface area (Å²) in [5.74, 6) is -0.359. The first-order valence-corrected chi connectivity index (χ1v) is 14.3. The monoisotopic (exact) mass is 628 g/mol. The molecule has 8 nitrogen and oxygen atoms in total. The van der Waals surface area contributed by atoms with E-state index in [0.29, 0.717) is 34.5 Å². The summed E-state index contributed by atoms with van der Waals surface area (Å²) in [6, 6.07) is 15.0. The number of hydrogen-bond donors (Lipinski definition) is 1. The molecule has 0 saturated carbocycles. The molecule has 0 atom stereocenters. The van der Waals surface area contributed by atoms with Gasteiger partial charge in [-0.05, 0) is 53.9 Å². The molecule has 0 unspecified atom stereocenters. The van der Waals surface area contributed by atoms with Gasteiger partial charge in [-0.2, -0.15) is 4.99 Å². The number of carbonyl (C=O) groups excluding carboxylic acids is 1. The average molecular weight is 629 g/mol. The summed E-state index contributed by atoms with van der Waals surface area (Å²) in [5.41, 5.74) is 2.78. The highest BCUT2D eigenvalue weighted by molar-refractivity contribution is 8.14. The van der Waals surface area contributed by atoms with Gasteiger partial charge in [0.05, 0.1) is 5.69 Å². The number of amides is 2. The van der Waals surface area contributed by atoms with Gasteiger partial charge in [0.2, 0.25) is 0 Å². The predicted octanol–water partition coefficient (Wildman–Crippen LogP) is 7.68. The van der Waals surface area contributed by atoms with Crippen LogP contribution in [-0.2, 0) is 0 Å².